The first-order valence-corrected chi connectivity index (χ1v) is 6.09. The summed E-state index contributed by atoms with van der Waals surface area (Å²) in [6.45, 7) is 5.20. The lowest BCUT2D eigenvalue weighted by Gasteiger charge is -2.09. The van der Waals surface area contributed by atoms with Gasteiger partial charge in [-0.1, -0.05) is 6.07 Å². The summed E-state index contributed by atoms with van der Waals surface area (Å²) in [4.78, 5) is 14.7. The minimum atomic E-state index is -0.369. The van der Waals surface area contributed by atoms with Gasteiger partial charge in [0.25, 0.3) is 5.69 Å². The molecule has 19 heavy (non-hydrogen) atoms. The van der Waals surface area contributed by atoms with Gasteiger partial charge in [0.2, 0.25) is 0 Å². The third-order valence-corrected chi connectivity index (χ3v) is 2.95. The Labute approximate surface area is 111 Å². The standard InChI is InChI=1S/C13H16N4O2/c1-3-16-9-14-7-11(16)8-15-12-5-4-10(2)6-13(12)17(18)19/h4-7,9,15H,3,8H2,1-2H3. The van der Waals surface area contributed by atoms with Gasteiger partial charge in [0.15, 0.2) is 0 Å². The van der Waals surface area contributed by atoms with Crippen LogP contribution in [0.4, 0.5) is 11.4 Å². The van der Waals surface area contributed by atoms with Crippen LogP contribution in [-0.4, -0.2) is 14.5 Å². The Morgan fingerprint density at radius 1 is 1.47 bits per heavy atom. The molecule has 0 radical (unpaired) electrons. The molecule has 1 aromatic heterocycles. The van der Waals surface area contributed by atoms with Crippen molar-refractivity contribution in [3.05, 3.63) is 52.1 Å². The highest BCUT2D eigenvalue weighted by Gasteiger charge is 2.13. The van der Waals surface area contributed by atoms with Crippen LogP contribution in [0.25, 0.3) is 0 Å². The zero-order valence-electron chi connectivity index (χ0n) is 11.0. The van der Waals surface area contributed by atoms with Gasteiger partial charge < -0.3 is 9.88 Å². The average molecular weight is 260 g/mol. The maximum Gasteiger partial charge on any atom is 0.292 e. The summed E-state index contributed by atoms with van der Waals surface area (Å²) in [5.41, 5.74) is 2.50. The van der Waals surface area contributed by atoms with E-state index in [1.807, 2.05) is 24.5 Å². The molecule has 0 aliphatic rings. The first kappa shape index (κ1) is 13.1. The van der Waals surface area contributed by atoms with Crippen LogP contribution in [0.2, 0.25) is 0 Å². The highest BCUT2D eigenvalue weighted by molar-refractivity contribution is 5.62. The molecular weight excluding hydrogens is 244 g/mol. The summed E-state index contributed by atoms with van der Waals surface area (Å²) in [5.74, 6) is 0. The molecule has 0 atom stereocenters. The zero-order chi connectivity index (χ0) is 13.8. The van der Waals surface area contributed by atoms with Crippen molar-refractivity contribution < 1.29 is 4.92 Å². The average Bonchev–Trinajstić information content (AvgIpc) is 2.84. The number of rotatable bonds is 5. The second-order valence-corrected chi connectivity index (χ2v) is 4.30. The number of aromatic nitrogens is 2. The van der Waals surface area contributed by atoms with Crippen molar-refractivity contribution in [1.82, 2.24) is 9.55 Å². The summed E-state index contributed by atoms with van der Waals surface area (Å²) in [6.07, 6.45) is 3.51. The maximum atomic E-state index is 11.0. The van der Waals surface area contributed by atoms with Crippen LogP contribution < -0.4 is 5.32 Å². The predicted octanol–water partition coefficient (Wildman–Crippen LogP) is 2.73. The summed E-state index contributed by atoms with van der Waals surface area (Å²) >= 11 is 0. The number of hydrogen-bond acceptors (Lipinski definition) is 4. The molecule has 2 rings (SSSR count). The van der Waals surface area contributed by atoms with Crippen molar-refractivity contribution in [2.45, 2.75) is 26.9 Å². The van der Waals surface area contributed by atoms with Crippen LogP contribution >= 0.6 is 0 Å². The van der Waals surface area contributed by atoms with E-state index in [4.69, 9.17) is 0 Å². The second-order valence-electron chi connectivity index (χ2n) is 4.30. The molecule has 0 unspecified atom stereocenters. The van der Waals surface area contributed by atoms with E-state index in [1.165, 1.54) is 0 Å². The van der Waals surface area contributed by atoms with Gasteiger partial charge in [0, 0.05) is 18.8 Å². The Morgan fingerprint density at radius 3 is 2.95 bits per heavy atom. The third-order valence-electron chi connectivity index (χ3n) is 2.95. The van der Waals surface area contributed by atoms with Crippen LogP contribution in [-0.2, 0) is 13.1 Å². The molecule has 0 aliphatic carbocycles. The summed E-state index contributed by atoms with van der Waals surface area (Å²) in [5, 5.41) is 14.1. The Hall–Kier alpha value is -2.37. The summed E-state index contributed by atoms with van der Waals surface area (Å²) in [6, 6.07) is 5.16. The number of benzene rings is 1. The number of anilines is 1. The largest absolute Gasteiger partial charge is 0.374 e. The van der Waals surface area contributed by atoms with E-state index in [-0.39, 0.29) is 10.6 Å². The first-order chi connectivity index (χ1) is 9.11. The van der Waals surface area contributed by atoms with E-state index in [9.17, 15) is 10.1 Å². The number of imidazole rings is 1. The number of nitro groups is 1. The Bertz CT molecular complexity index is 592. The number of aryl methyl sites for hydroxylation is 2. The number of hydrogen-bond donors (Lipinski definition) is 1. The molecule has 0 spiro atoms. The molecular formula is C13H16N4O2. The lowest BCUT2D eigenvalue weighted by Crippen LogP contribution is -2.07. The molecule has 0 amide bonds. The Kier molecular flexibility index (Phi) is 3.79. The zero-order valence-corrected chi connectivity index (χ0v) is 11.0. The topological polar surface area (TPSA) is 73.0 Å². The van der Waals surface area contributed by atoms with Crippen molar-refractivity contribution in [3.8, 4) is 0 Å². The lowest BCUT2D eigenvalue weighted by molar-refractivity contribution is -0.384. The fourth-order valence-corrected chi connectivity index (χ4v) is 1.91. The monoisotopic (exact) mass is 260 g/mol. The van der Waals surface area contributed by atoms with Crippen LogP contribution in [0.3, 0.4) is 0 Å². The molecule has 0 aliphatic heterocycles. The van der Waals surface area contributed by atoms with Crippen molar-refractivity contribution in [3.63, 3.8) is 0 Å². The molecule has 0 saturated heterocycles. The van der Waals surface area contributed by atoms with E-state index < -0.39 is 0 Å². The minimum Gasteiger partial charge on any atom is -0.374 e. The van der Waals surface area contributed by atoms with E-state index in [0.717, 1.165) is 17.8 Å². The van der Waals surface area contributed by atoms with Crippen molar-refractivity contribution in [2.24, 2.45) is 0 Å². The normalized spacial score (nSPS) is 10.4. The quantitative estimate of drug-likeness (QED) is 0.662. The van der Waals surface area contributed by atoms with E-state index in [0.29, 0.717) is 12.2 Å². The first-order valence-electron chi connectivity index (χ1n) is 6.09. The number of nitro benzene ring substituents is 1. The number of nitrogens with zero attached hydrogens (tertiary/aromatic N) is 3. The molecule has 100 valence electrons. The molecule has 2 aromatic rings. The van der Waals surface area contributed by atoms with Gasteiger partial charge in [-0.3, -0.25) is 10.1 Å². The van der Waals surface area contributed by atoms with Crippen LogP contribution in [0.15, 0.2) is 30.7 Å². The predicted molar refractivity (Wildman–Crippen MR) is 73.1 cm³/mol. The van der Waals surface area contributed by atoms with Gasteiger partial charge in [-0.15, -0.1) is 0 Å². The van der Waals surface area contributed by atoms with E-state index in [2.05, 4.69) is 10.3 Å². The van der Waals surface area contributed by atoms with Crippen LogP contribution in [0.5, 0.6) is 0 Å². The van der Waals surface area contributed by atoms with Crippen molar-refractivity contribution in [1.29, 1.82) is 0 Å². The summed E-state index contributed by atoms with van der Waals surface area (Å²) in [7, 11) is 0. The van der Waals surface area contributed by atoms with Crippen molar-refractivity contribution in [2.75, 3.05) is 5.32 Å². The lowest BCUT2D eigenvalue weighted by atomic mass is 10.2. The molecule has 0 fully saturated rings. The highest BCUT2D eigenvalue weighted by atomic mass is 16.6. The highest BCUT2D eigenvalue weighted by Crippen LogP contribution is 2.25. The van der Waals surface area contributed by atoms with Crippen molar-refractivity contribution >= 4 is 11.4 Å². The third kappa shape index (κ3) is 2.90. The van der Waals surface area contributed by atoms with Crippen LogP contribution in [0.1, 0.15) is 18.2 Å². The minimum absolute atomic E-state index is 0.0996. The molecule has 0 bridgehead atoms. The Morgan fingerprint density at radius 2 is 2.26 bits per heavy atom. The molecule has 1 N–H and O–H groups in total. The molecule has 1 heterocycles. The van der Waals surface area contributed by atoms with Gasteiger partial charge in [0.1, 0.15) is 5.69 Å². The van der Waals surface area contributed by atoms with Gasteiger partial charge in [-0.25, -0.2) is 4.98 Å². The molecule has 1 aromatic carbocycles. The summed E-state index contributed by atoms with van der Waals surface area (Å²) < 4.78 is 1.99. The van der Waals surface area contributed by atoms with Gasteiger partial charge in [-0.05, 0) is 25.5 Å². The Balaban J connectivity index is 2.18. The molecule has 0 saturated carbocycles. The molecule has 6 nitrogen and oxygen atoms in total. The fraction of sp³-hybridized carbons (Fsp3) is 0.308. The SMILES string of the molecule is CCn1cncc1CNc1ccc(C)cc1[N+](=O)[O-]. The fourth-order valence-electron chi connectivity index (χ4n) is 1.91. The second kappa shape index (κ2) is 5.51. The van der Waals surface area contributed by atoms with E-state index in [1.54, 1.807) is 24.7 Å². The van der Waals surface area contributed by atoms with Crippen LogP contribution in [0, 0.1) is 17.0 Å². The molecule has 6 heteroatoms. The maximum absolute atomic E-state index is 11.0. The van der Waals surface area contributed by atoms with Gasteiger partial charge in [0.05, 0.1) is 23.5 Å². The van der Waals surface area contributed by atoms with Gasteiger partial charge in [-0.2, -0.15) is 0 Å². The number of nitrogens with one attached hydrogen (secondary N) is 1. The van der Waals surface area contributed by atoms with Gasteiger partial charge >= 0.3 is 0 Å². The smallest absolute Gasteiger partial charge is 0.292 e. The van der Waals surface area contributed by atoms with E-state index >= 15 is 0 Å².